The number of methoxy groups -OCH3 is 2. The van der Waals surface area contributed by atoms with Gasteiger partial charge in [-0.05, 0) is 32.4 Å². The fourth-order valence-corrected chi connectivity index (χ4v) is 1.71. The lowest BCUT2D eigenvalue weighted by Crippen LogP contribution is -2.41. The largest absolute Gasteiger partial charge is 0.493 e. The maximum absolute atomic E-state index is 12.0. The Balaban J connectivity index is 2.70. The minimum atomic E-state index is -0.317. The molecule has 1 rings (SSSR count). The zero-order valence-electron chi connectivity index (χ0n) is 12.8. The predicted octanol–water partition coefficient (Wildman–Crippen LogP) is 2.42. The monoisotopic (exact) mass is 280 g/mol. The van der Waals surface area contributed by atoms with Gasteiger partial charge in [0, 0.05) is 17.8 Å². The summed E-state index contributed by atoms with van der Waals surface area (Å²) in [6.07, 6.45) is 0.912. The lowest BCUT2D eigenvalue weighted by Gasteiger charge is -2.19. The third kappa shape index (κ3) is 4.33. The van der Waals surface area contributed by atoms with Gasteiger partial charge < -0.3 is 20.1 Å². The third-order valence-electron chi connectivity index (χ3n) is 3.16. The Labute approximate surface area is 120 Å². The van der Waals surface area contributed by atoms with E-state index in [0.29, 0.717) is 11.5 Å². The molecule has 1 aromatic carbocycles. The van der Waals surface area contributed by atoms with Crippen LogP contribution in [0.4, 0.5) is 5.69 Å². The molecule has 2 atom stereocenters. The molecule has 0 aliphatic heterocycles. The minimum absolute atomic E-state index is 0.0193. The molecule has 0 aromatic heterocycles. The lowest BCUT2D eigenvalue weighted by atomic mass is 10.2. The van der Waals surface area contributed by atoms with Gasteiger partial charge in [0.15, 0.2) is 11.5 Å². The Morgan fingerprint density at radius 1 is 1.20 bits per heavy atom. The van der Waals surface area contributed by atoms with Crippen LogP contribution >= 0.6 is 0 Å². The van der Waals surface area contributed by atoms with E-state index in [2.05, 4.69) is 10.6 Å². The van der Waals surface area contributed by atoms with Gasteiger partial charge in [-0.1, -0.05) is 6.92 Å². The minimum Gasteiger partial charge on any atom is -0.493 e. The lowest BCUT2D eigenvalue weighted by molar-refractivity contribution is -0.122. The van der Waals surface area contributed by atoms with Crippen LogP contribution in [0, 0.1) is 0 Å². The Bertz CT molecular complexity index is 449. The van der Waals surface area contributed by atoms with E-state index in [0.717, 1.165) is 12.1 Å². The van der Waals surface area contributed by atoms with E-state index in [4.69, 9.17) is 9.47 Å². The number of benzene rings is 1. The Morgan fingerprint density at radius 3 is 2.40 bits per heavy atom. The van der Waals surface area contributed by atoms with E-state index in [1.807, 2.05) is 32.9 Å². The van der Waals surface area contributed by atoms with Crippen LogP contribution in [-0.4, -0.2) is 32.2 Å². The first-order valence-electron chi connectivity index (χ1n) is 6.80. The summed E-state index contributed by atoms with van der Waals surface area (Å²) in [6, 6.07) is 5.33. The zero-order valence-corrected chi connectivity index (χ0v) is 12.8. The number of ether oxygens (including phenoxy) is 2. The fourth-order valence-electron chi connectivity index (χ4n) is 1.71. The number of carbonyl (C=O) groups is 1. The Morgan fingerprint density at radius 2 is 1.85 bits per heavy atom. The van der Waals surface area contributed by atoms with Crippen LogP contribution in [0.25, 0.3) is 0 Å². The second kappa shape index (κ2) is 7.62. The summed E-state index contributed by atoms with van der Waals surface area (Å²) in [5.41, 5.74) is 0.814. The molecule has 1 amide bonds. The molecule has 0 saturated heterocycles. The highest BCUT2D eigenvalue weighted by molar-refractivity contribution is 5.84. The molecule has 5 heteroatoms. The molecule has 0 saturated carbocycles. The van der Waals surface area contributed by atoms with E-state index >= 15 is 0 Å². The van der Waals surface area contributed by atoms with Gasteiger partial charge in [-0.15, -0.1) is 0 Å². The van der Waals surface area contributed by atoms with Gasteiger partial charge in [-0.2, -0.15) is 0 Å². The van der Waals surface area contributed by atoms with Gasteiger partial charge in [-0.25, -0.2) is 0 Å². The molecule has 0 fully saturated rings. The molecule has 0 aliphatic carbocycles. The summed E-state index contributed by atoms with van der Waals surface area (Å²) >= 11 is 0. The average molecular weight is 280 g/mol. The van der Waals surface area contributed by atoms with E-state index in [1.54, 1.807) is 20.3 Å². The molecule has 2 unspecified atom stereocenters. The second-order valence-corrected chi connectivity index (χ2v) is 4.75. The van der Waals surface area contributed by atoms with Crippen molar-refractivity contribution in [3.05, 3.63) is 18.2 Å². The van der Waals surface area contributed by atoms with Crippen molar-refractivity contribution in [2.24, 2.45) is 0 Å². The first-order valence-corrected chi connectivity index (χ1v) is 6.80. The van der Waals surface area contributed by atoms with Crippen LogP contribution in [0.1, 0.15) is 27.2 Å². The van der Waals surface area contributed by atoms with Crippen LogP contribution < -0.4 is 20.1 Å². The summed E-state index contributed by atoms with van der Waals surface area (Å²) in [5, 5.41) is 6.09. The molecule has 0 radical (unpaired) electrons. The van der Waals surface area contributed by atoms with Gasteiger partial charge in [0.25, 0.3) is 0 Å². The quantitative estimate of drug-likeness (QED) is 0.805. The summed E-state index contributed by atoms with van der Waals surface area (Å²) in [7, 11) is 3.17. The van der Waals surface area contributed by atoms with Crippen molar-refractivity contribution in [2.75, 3.05) is 19.5 Å². The highest BCUT2D eigenvalue weighted by atomic mass is 16.5. The number of anilines is 1. The van der Waals surface area contributed by atoms with Crippen molar-refractivity contribution >= 4 is 11.6 Å². The maximum Gasteiger partial charge on any atom is 0.242 e. The van der Waals surface area contributed by atoms with Crippen LogP contribution in [0.3, 0.4) is 0 Å². The van der Waals surface area contributed by atoms with Gasteiger partial charge in [0.2, 0.25) is 5.91 Å². The van der Waals surface area contributed by atoms with Crippen molar-refractivity contribution < 1.29 is 14.3 Å². The normalized spacial score (nSPS) is 13.2. The van der Waals surface area contributed by atoms with E-state index in [9.17, 15) is 4.79 Å². The maximum atomic E-state index is 12.0. The molecule has 5 nitrogen and oxygen atoms in total. The van der Waals surface area contributed by atoms with Crippen LogP contribution in [-0.2, 0) is 4.79 Å². The van der Waals surface area contributed by atoms with Crippen LogP contribution in [0.15, 0.2) is 18.2 Å². The van der Waals surface area contributed by atoms with Crippen molar-refractivity contribution in [1.29, 1.82) is 0 Å². The highest BCUT2D eigenvalue weighted by Gasteiger charge is 2.15. The standard InChI is InChI=1S/C15H24N2O3/c1-6-10(2)16-15(18)11(3)17-12-7-8-13(19-4)14(9-12)20-5/h7-11,17H,6H2,1-5H3,(H,16,18). The van der Waals surface area contributed by atoms with E-state index in [1.165, 1.54) is 0 Å². The van der Waals surface area contributed by atoms with Crippen molar-refractivity contribution in [3.63, 3.8) is 0 Å². The van der Waals surface area contributed by atoms with E-state index < -0.39 is 0 Å². The molecule has 2 N–H and O–H groups in total. The molecule has 1 aromatic rings. The zero-order chi connectivity index (χ0) is 15.1. The molecular formula is C15H24N2O3. The second-order valence-electron chi connectivity index (χ2n) is 4.75. The molecule has 0 spiro atoms. The summed E-state index contributed by atoms with van der Waals surface area (Å²) in [4.78, 5) is 12.0. The number of hydrogen-bond acceptors (Lipinski definition) is 4. The summed E-state index contributed by atoms with van der Waals surface area (Å²) in [5.74, 6) is 1.27. The number of nitrogens with one attached hydrogen (secondary N) is 2. The molecule has 0 bridgehead atoms. The molecule has 112 valence electrons. The smallest absolute Gasteiger partial charge is 0.242 e. The number of amides is 1. The first kappa shape index (κ1) is 16.1. The summed E-state index contributed by atoms with van der Waals surface area (Å²) in [6.45, 7) is 5.85. The van der Waals surface area contributed by atoms with Gasteiger partial charge in [0.1, 0.15) is 6.04 Å². The van der Waals surface area contributed by atoms with Crippen molar-refractivity contribution in [1.82, 2.24) is 5.32 Å². The topological polar surface area (TPSA) is 59.6 Å². The third-order valence-corrected chi connectivity index (χ3v) is 3.16. The number of carbonyl (C=O) groups excluding carboxylic acids is 1. The Kier molecular flexibility index (Phi) is 6.15. The average Bonchev–Trinajstić information content (AvgIpc) is 2.46. The number of hydrogen-bond donors (Lipinski definition) is 2. The van der Waals surface area contributed by atoms with E-state index in [-0.39, 0.29) is 18.0 Å². The molecule has 0 aliphatic rings. The van der Waals surface area contributed by atoms with Crippen molar-refractivity contribution in [2.45, 2.75) is 39.3 Å². The van der Waals surface area contributed by atoms with Gasteiger partial charge >= 0.3 is 0 Å². The SMILES string of the molecule is CCC(C)NC(=O)C(C)Nc1ccc(OC)c(OC)c1. The van der Waals surface area contributed by atoms with Gasteiger partial charge in [0.05, 0.1) is 14.2 Å². The van der Waals surface area contributed by atoms with Crippen molar-refractivity contribution in [3.8, 4) is 11.5 Å². The van der Waals surface area contributed by atoms with Crippen LogP contribution in [0.5, 0.6) is 11.5 Å². The van der Waals surface area contributed by atoms with Crippen LogP contribution in [0.2, 0.25) is 0 Å². The Hall–Kier alpha value is -1.91. The number of rotatable bonds is 7. The first-order chi connectivity index (χ1) is 9.51. The summed E-state index contributed by atoms with van der Waals surface area (Å²) < 4.78 is 10.4. The van der Waals surface area contributed by atoms with Gasteiger partial charge in [-0.3, -0.25) is 4.79 Å². The predicted molar refractivity (Wildman–Crippen MR) is 80.5 cm³/mol. The highest BCUT2D eigenvalue weighted by Crippen LogP contribution is 2.29. The molecular weight excluding hydrogens is 256 g/mol. The fraction of sp³-hybridized carbons (Fsp3) is 0.533. The molecule has 0 heterocycles. The molecule has 20 heavy (non-hydrogen) atoms.